The molecule has 29 heteroatoms. The van der Waals surface area contributed by atoms with E-state index in [0.29, 0.717) is 46.3 Å². The van der Waals surface area contributed by atoms with Gasteiger partial charge in [0.2, 0.25) is 0 Å². The Balaban J connectivity index is 1.57. The van der Waals surface area contributed by atoms with Gasteiger partial charge in [0.25, 0.3) is 17.7 Å². The second-order valence-corrected chi connectivity index (χ2v) is 21.9. The van der Waals surface area contributed by atoms with Gasteiger partial charge >= 0.3 is 27.1 Å². The fourth-order valence-corrected chi connectivity index (χ4v) is 11.7. The number of nitrogens with two attached hydrogens (primary N) is 3. The van der Waals surface area contributed by atoms with Crippen molar-refractivity contribution in [2.75, 3.05) is 20.0 Å². The summed E-state index contributed by atoms with van der Waals surface area (Å²) < 4.78 is 164. The highest BCUT2D eigenvalue weighted by molar-refractivity contribution is 7.48. The van der Waals surface area contributed by atoms with E-state index in [1.54, 1.807) is 36.7 Å². The van der Waals surface area contributed by atoms with Crippen molar-refractivity contribution in [3.63, 3.8) is 0 Å². The van der Waals surface area contributed by atoms with Gasteiger partial charge < -0.3 is 33.2 Å². The minimum Gasteiger partial charge on any atom is -0.343 e. The molecule has 0 radical (unpaired) electrons. The lowest BCUT2D eigenvalue weighted by Crippen LogP contribution is -2.46. The molecule has 0 aliphatic rings. The number of rotatable bonds is 27. The lowest BCUT2D eigenvalue weighted by Gasteiger charge is -2.36. The van der Waals surface area contributed by atoms with E-state index in [4.69, 9.17) is 30.8 Å². The third-order valence-corrected chi connectivity index (χ3v) is 16.4. The van der Waals surface area contributed by atoms with Crippen molar-refractivity contribution in [1.82, 2.24) is 30.9 Å². The van der Waals surface area contributed by atoms with E-state index in [1.165, 1.54) is 125 Å². The predicted molar refractivity (Wildman–Crippen MR) is 271 cm³/mol. The summed E-state index contributed by atoms with van der Waals surface area (Å²) in [4.78, 5) is 52.3. The Morgan fingerprint density at radius 1 is 0.481 bits per heavy atom. The Kier molecular flexibility index (Phi) is 21.4. The van der Waals surface area contributed by atoms with E-state index in [1.807, 2.05) is 0 Å². The smallest absolute Gasteiger partial charge is 0.343 e. The molecule has 0 fully saturated rings. The summed E-state index contributed by atoms with van der Waals surface area (Å²) in [5.41, 5.74) is 18.5. The number of benzene rings is 3. The van der Waals surface area contributed by atoms with Crippen molar-refractivity contribution < 1.29 is 72.0 Å². The van der Waals surface area contributed by atoms with Crippen LogP contribution in [0.3, 0.4) is 0 Å². The number of hydrogen-bond acceptors (Lipinski definition) is 16. The standard InChI is InChI=1S/C48H51F9N9O7PS3/c1-22(58)46-61-19-34(75-46)25-4-10-28(11-5-25)37(31(16-49)64-43(67)40(52)53)71-74(70,72-38(32(17-50)65-44(68)41(54)55)29-12-6-26(7-13-29)35-20-62-47(76-35)23(2)59)73-39(33(18-51)66-45(69)42(56)57)30-14-8-27(9-15-30)36-21-63-48(77-36)24(3)60/h4-15,19-24,31-33,37-42H,16-18,58-60H2,1-3H3,(H,64,67)(H,65,68)(H,66,69). The first-order valence-electron chi connectivity index (χ1n) is 23.1. The zero-order valence-electron chi connectivity index (χ0n) is 40.7. The Hall–Kier alpha value is -5.68. The number of carbonyl (C=O) groups is 3. The zero-order chi connectivity index (χ0) is 56.3. The molecule has 0 spiro atoms. The number of thiazole rings is 3. The van der Waals surface area contributed by atoms with Crippen molar-refractivity contribution in [1.29, 1.82) is 0 Å². The molecule has 3 amide bonds. The highest BCUT2D eigenvalue weighted by Gasteiger charge is 2.46. The van der Waals surface area contributed by atoms with Crippen LogP contribution in [0.2, 0.25) is 0 Å². The Bertz CT molecular complexity index is 2630. The summed E-state index contributed by atoms with van der Waals surface area (Å²) in [6.45, 7) is -0.249. The lowest BCUT2D eigenvalue weighted by molar-refractivity contribution is -0.133. The van der Waals surface area contributed by atoms with Crippen LogP contribution < -0.4 is 33.2 Å². The summed E-state index contributed by atoms with van der Waals surface area (Å²) in [7, 11) is -6.10. The first-order valence-corrected chi connectivity index (χ1v) is 27.0. The molecule has 3 aromatic heterocycles. The molecule has 16 nitrogen and oxygen atoms in total. The highest BCUT2D eigenvalue weighted by Crippen LogP contribution is 2.60. The first kappa shape index (κ1) is 60.5. The zero-order valence-corrected chi connectivity index (χ0v) is 44.1. The van der Waals surface area contributed by atoms with Gasteiger partial charge in [0.05, 0.1) is 50.9 Å². The number of nitrogens with zero attached hydrogens (tertiary/aromatic N) is 3. The molecule has 9 atom stereocenters. The fraction of sp³-hybridized carbons (Fsp3) is 0.375. The number of halogens is 9. The number of aromatic nitrogens is 3. The molecule has 6 rings (SSSR count). The van der Waals surface area contributed by atoms with Crippen LogP contribution in [-0.2, 0) is 32.5 Å². The van der Waals surface area contributed by atoms with Gasteiger partial charge in [-0.1, -0.05) is 72.8 Å². The molecule has 0 aliphatic heterocycles. The van der Waals surface area contributed by atoms with E-state index < -0.39 is 119 Å². The molecule has 0 saturated heterocycles. The van der Waals surface area contributed by atoms with Crippen molar-refractivity contribution in [2.45, 2.75) is 94.6 Å². The number of hydrogen-bond donors (Lipinski definition) is 6. The van der Waals surface area contributed by atoms with Crippen LogP contribution in [-0.4, -0.2) is 90.1 Å². The fourth-order valence-electron chi connectivity index (χ4n) is 7.32. The summed E-state index contributed by atoms with van der Waals surface area (Å²) in [6.07, 6.45) is -13.7. The van der Waals surface area contributed by atoms with E-state index in [2.05, 4.69) is 15.0 Å². The van der Waals surface area contributed by atoms with Crippen LogP contribution in [0.15, 0.2) is 91.4 Å². The third-order valence-electron chi connectivity index (χ3n) is 11.2. The molecule has 77 heavy (non-hydrogen) atoms. The van der Waals surface area contributed by atoms with Gasteiger partial charge in [-0.15, -0.1) is 34.0 Å². The molecule has 3 aromatic carbocycles. The summed E-state index contributed by atoms with van der Waals surface area (Å²) in [5.74, 6) is -6.16. The van der Waals surface area contributed by atoms with Gasteiger partial charge in [0.1, 0.15) is 53.4 Å². The maximum atomic E-state index is 16.1. The molecule has 3 heterocycles. The van der Waals surface area contributed by atoms with Gasteiger partial charge in [0.15, 0.2) is 0 Å². The average molecular weight is 1160 g/mol. The lowest BCUT2D eigenvalue weighted by atomic mass is 10.0. The largest absolute Gasteiger partial charge is 0.476 e. The van der Waals surface area contributed by atoms with Crippen LogP contribution in [0.5, 0.6) is 0 Å². The quantitative estimate of drug-likeness (QED) is 0.0208. The Morgan fingerprint density at radius 2 is 0.714 bits per heavy atom. The Morgan fingerprint density at radius 3 is 0.896 bits per heavy atom. The average Bonchev–Trinajstić information content (AvgIpc) is 4.23. The second-order valence-electron chi connectivity index (χ2n) is 17.2. The van der Waals surface area contributed by atoms with Crippen molar-refractivity contribution >= 4 is 59.6 Å². The molecule has 0 saturated carbocycles. The third kappa shape index (κ3) is 15.8. The van der Waals surface area contributed by atoms with Gasteiger partial charge in [-0.3, -0.25) is 28.0 Å². The molecule has 0 bridgehead atoms. The minimum atomic E-state index is -6.10. The molecule has 0 aliphatic carbocycles. The molecule has 416 valence electrons. The van der Waals surface area contributed by atoms with Crippen LogP contribution in [0.1, 0.15) is 88.9 Å². The number of phosphoric ester groups is 1. The van der Waals surface area contributed by atoms with Gasteiger partial charge in [-0.25, -0.2) is 32.7 Å². The maximum Gasteiger partial charge on any atom is 0.476 e. The number of carbonyl (C=O) groups excluding carboxylic acids is 3. The second kappa shape index (κ2) is 27.3. The van der Waals surface area contributed by atoms with Crippen LogP contribution >= 0.6 is 41.8 Å². The molecule has 6 aromatic rings. The minimum absolute atomic E-state index is 0.260. The van der Waals surface area contributed by atoms with Crippen LogP contribution in [0, 0.1) is 0 Å². The summed E-state index contributed by atoms with van der Waals surface area (Å²) in [6, 6.07) is 7.69. The van der Waals surface area contributed by atoms with Gasteiger partial charge in [-0.05, 0) is 54.2 Å². The van der Waals surface area contributed by atoms with E-state index >= 15 is 17.7 Å². The Labute approximate surface area is 446 Å². The molecule has 9 unspecified atom stereocenters. The maximum absolute atomic E-state index is 16.1. The van der Waals surface area contributed by atoms with E-state index in [9.17, 15) is 40.7 Å². The number of nitrogens with one attached hydrogen (secondary N) is 3. The summed E-state index contributed by atoms with van der Waals surface area (Å²) in [5, 5.41) is 6.87. The van der Waals surface area contributed by atoms with Crippen molar-refractivity contribution in [3.8, 4) is 31.3 Å². The van der Waals surface area contributed by atoms with Crippen LogP contribution in [0.4, 0.5) is 39.5 Å². The van der Waals surface area contributed by atoms with E-state index in [0.717, 1.165) is 0 Å². The number of alkyl halides is 9. The van der Waals surface area contributed by atoms with Crippen LogP contribution in [0.25, 0.3) is 31.3 Å². The van der Waals surface area contributed by atoms with E-state index in [-0.39, 0.29) is 16.7 Å². The summed E-state index contributed by atoms with van der Waals surface area (Å²) >= 11 is 3.58. The predicted octanol–water partition coefficient (Wildman–Crippen LogP) is 9.96. The van der Waals surface area contributed by atoms with Gasteiger partial charge in [-0.2, -0.15) is 26.3 Å². The normalized spacial score (nSPS) is 16.2. The van der Waals surface area contributed by atoms with Crippen molar-refractivity contribution in [3.05, 3.63) is 123 Å². The number of amides is 3. The van der Waals surface area contributed by atoms with Crippen molar-refractivity contribution in [2.24, 2.45) is 17.2 Å². The first-order chi connectivity index (χ1) is 36.5. The SMILES string of the molecule is CC(N)c1ncc(-c2ccc(C(OP(=O)(OC(c3ccc(-c4cnc(C(C)N)s4)cc3)C(CF)NC(=O)C(F)F)OC(c3ccc(-c4cnc(C(C)N)s4)cc3)C(CF)NC(=O)C(F)F)C(CF)NC(=O)C(F)F)cc2)s1. The topological polar surface area (TPSA) is 249 Å². The number of phosphoric acid groups is 1. The molecular formula is C48H51F9N9O7PS3. The highest BCUT2D eigenvalue weighted by atomic mass is 32.1. The van der Waals surface area contributed by atoms with Gasteiger partial charge in [0, 0.05) is 18.6 Å². The molecular weight excluding hydrogens is 1110 g/mol. The molecule has 9 N–H and O–H groups in total. The monoisotopic (exact) mass is 1160 g/mol.